The third kappa shape index (κ3) is 2.60. The molecule has 0 aliphatic carbocycles. The minimum Gasteiger partial charge on any atom is -0.486 e. The van der Waals surface area contributed by atoms with Gasteiger partial charge in [0.15, 0.2) is 11.5 Å². The highest BCUT2D eigenvalue weighted by atomic mass is 16.6. The average molecular weight is 250 g/mol. The van der Waals surface area contributed by atoms with Gasteiger partial charge in [-0.25, -0.2) is 0 Å². The molecule has 0 amide bonds. The fraction of sp³-hybridized carbons (Fsp3) is 0.571. The smallest absolute Gasteiger partial charge is 0.166 e. The molecule has 4 nitrogen and oxygen atoms in total. The lowest BCUT2D eigenvalue weighted by Crippen LogP contribution is -2.33. The van der Waals surface area contributed by atoms with Gasteiger partial charge >= 0.3 is 0 Å². The fourth-order valence-corrected chi connectivity index (χ4v) is 2.52. The first kappa shape index (κ1) is 13.2. The maximum atomic E-state index is 5.75. The maximum absolute atomic E-state index is 5.75. The van der Waals surface area contributed by atoms with Crippen molar-refractivity contribution >= 4 is 0 Å². The van der Waals surface area contributed by atoms with Crippen LogP contribution < -0.4 is 20.7 Å². The van der Waals surface area contributed by atoms with Crippen LogP contribution in [0, 0.1) is 5.92 Å². The molecular formula is C14H22N2O2. The Morgan fingerprint density at radius 1 is 1.33 bits per heavy atom. The van der Waals surface area contributed by atoms with Crippen LogP contribution in [0.3, 0.4) is 0 Å². The molecule has 1 aliphatic heterocycles. The van der Waals surface area contributed by atoms with Crippen LogP contribution in [-0.2, 0) is 0 Å². The third-order valence-corrected chi connectivity index (χ3v) is 3.42. The Labute approximate surface area is 108 Å². The molecule has 0 saturated carbocycles. The Morgan fingerprint density at radius 2 is 2.11 bits per heavy atom. The van der Waals surface area contributed by atoms with E-state index in [1.165, 1.54) is 0 Å². The van der Waals surface area contributed by atoms with Gasteiger partial charge in [-0.1, -0.05) is 32.4 Å². The first-order valence-corrected chi connectivity index (χ1v) is 6.62. The van der Waals surface area contributed by atoms with Crippen molar-refractivity contribution in [2.45, 2.75) is 32.7 Å². The van der Waals surface area contributed by atoms with E-state index >= 15 is 0 Å². The van der Waals surface area contributed by atoms with Gasteiger partial charge in [0.25, 0.3) is 0 Å². The predicted molar refractivity (Wildman–Crippen MR) is 71.6 cm³/mol. The summed E-state index contributed by atoms with van der Waals surface area (Å²) in [7, 11) is 0. The van der Waals surface area contributed by atoms with Crippen LogP contribution in [0.4, 0.5) is 0 Å². The number of rotatable bonds is 5. The lowest BCUT2D eigenvalue weighted by Gasteiger charge is -2.28. The van der Waals surface area contributed by atoms with Crippen LogP contribution >= 0.6 is 0 Å². The molecule has 1 aromatic rings. The minimum absolute atomic E-state index is 0.0987. The molecule has 3 N–H and O–H groups in total. The quantitative estimate of drug-likeness (QED) is 0.622. The first-order chi connectivity index (χ1) is 8.77. The second-order valence-electron chi connectivity index (χ2n) is 4.78. The summed E-state index contributed by atoms with van der Waals surface area (Å²) in [5, 5.41) is 0. The van der Waals surface area contributed by atoms with Crippen LogP contribution in [0.5, 0.6) is 11.5 Å². The van der Waals surface area contributed by atoms with Crippen molar-refractivity contribution in [1.29, 1.82) is 0 Å². The molecule has 0 fully saturated rings. The summed E-state index contributed by atoms with van der Waals surface area (Å²) in [4.78, 5) is 0. The number of para-hydroxylation sites is 1. The zero-order chi connectivity index (χ0) is 13.0. The Hall–Kier alpha value is -1.26. The Kier molecular flexibility index (Phi) is 4.44. The molecule has 0 saturated heterocycles. The number of hydrazine groups is 1. The third-order valence-electron chi connectivity index (χ3n) is 3.42. The summed E-state index contributed by atoms with van der Waals surface area (Å²) in [6.45, 7) is 5.60. The number of nitrogens with one attached hydrogen (secondary N) is 1. The van der Waals surface area contributed by atoms with Gasteiger partial charge in [-0.05, 0) is 18.4 Å². The molecule has 4 heteroatoms. The van der Waals surface area contributed by atoms with Crippen LogP contribution in [0.25, 0.3) is 0 Å². The molecule has 2 unspecified atom stereocenters. The van der Waals surface area contributed by atoms with Gasteiger partial charge in [0.2, 0.25) is 0 Å². The largest absolute Gasteiger partial charge is 0.486 e. The van der Waals surface area contributed by atoms with Gasteiger partial charge in [0.05, 0.1) is 6.04 Å². The van der Waals surface area contributed by atoms with E-state index in [0.717, 1.165) is 29.9 Å². The molecule has 1 aliphatic rings. The summed E-state index contributed by atoms with van der Waals surface area (Å²) < 4.78 is 11.4. The van der Waals surface area contributed by atoms with E-state index in [1.807, 2.05) is 12.1 Å². The van der Waals surface area contributed by atoms with Crippen molar-refractivity contribution in [2.24, 2.45) is 11.8 Å². The molecular weight excluding hydrogens is 228 g/mol. The van der Waals surface area contributed by atoms with Gasteiger partial charge in [-0.15, -0.1) is 0 Å². The van der Waals surface area contributed by atoms with Gasteiger partial charge in [0, 0.05) is 5.56 Å². The van der Waals surface area contributed by atoms with E-state index in [1.54, 1.807) is 0 Å². The SMILES string of the molecule is CCCC(C)C(NN)c1cccc2c1OCCO2. The van der Waals surface area contributed by atoms with E-state index in [4.69, 9.17) is 15.3 Å². The second-order valence-corrected chi connectivity index (χ2v) is 4.78. The van der Waals surface area contributed by atoms with E-state index in [0.29, 0.717) is 19.1 Å². The number of hydrogen-bond acceptors (Lipinski definition) is 4. The molecule has 18 heavy (non-hydrogen) atoms. The van der Waals surface area contributed by atoms with E-state index in [2.05, 4.69) is 25.3 Å². The first-order valence-electron chi connectivity index (χ1n) is 6.62. The molecule has 0 aromatic heterocycles. The summed E-state index contributed by atoms with van der Waals surface area (Å²) in [6, 6.07) is 6.09. The summed E-state index contributed by atoms with van der Waals surface area (Å²) in [6.07, 6.45) is 2.27. The van der Waals surface area contributed by atoms with Crippen molar-refractivity contribution in [1.82, 2.24) is 5.43 Å². The number of benzene rings is 1. The van der Waals surface area contributed by atoms with Gasteiger partial charge in [0.1, 0.15) is 13.2 Å². The number of hydrogen-bond donors (Lipinski definition) is 2. The predicted octanol–water partition coefficient (Wildman–Crippen LogP) is 2.40. The van der Waals surface area contributed by atoms with Crippen molar-refractivity contribution in [3.8, 4) is 11.5 Å². The monoisotopic (exact) mass is 250 g/mol. The highest BCUT2D eigenvalue weighted by molar-refractivity contribution is 5.49. The molecule has 100 valence electrons. The van der Waals surface area contributed by atoms with Gasteiger partial charge in [-0.2, -0.15) is 0 Å². The van der Waals surface area contributed by atoms with Crippen LogP contribution in [-0.4, -0.2) is 13.2 Å². The Morgan fingerprint density at radius 3 is 2.83 bits per heavy atom. The highest BCUT2D eigenvalue weighted by Gasteiger charge is 2.24. The number of fused-ring (bicyclic) bond motifs is 1. The molecule has 2 rings (SSSR count). The van der Waals surface area contributed by atoms with Crippen molar-refractivity contribution in [2.75, 3.05) is 13.2 Å². The zero-order valence-electron chi connectivity index (χ0n) is 11.1. The van der Waals surface area contributed by atoms with Crippen LogP contribution in [0.2, 0.25) is 0 Å². The van der Waals surface area contributed by atoms with Crippen molar-refractivity contribution < 1.29 is 9.47 Å². The summed E-state index contributed by atoms with van der Waals surface area (Å²) in [5.41, 5.74) is 4.01. The molecule has 2 atom stereocenters. The Balaban J connectivity index is 2.30. The minimum atomic E-state index is 0.0987. The lowest BCUT2D eigenvalue weighted by molar-refractivity contribution is 0.167. The lowest BCUT2D eigenvalue weighted by atomic mass is 9.90. The van der Waals surface area contributed by atoms with E-state index in [-0.39, 0.29) is 6.04 Å². The standard InChI is InChI=1S/C14H22N2O2/c1-3-5-10(2)13(16-15)11-6-4-7-12-14(11)18-9-8-17-12/h4,6-7,10,13,16H,3,5,8-9,15H2,1-2H3. The molecule has 1 aromatic carbocycles. The topological polar surface area (TPSA) is 56.5 Å². The zero-order valence-corrected chi connectivity index (χ0v) is 11.1. The normalized spacial score (nSPS) is 17.3. The van der Waals surface area contributed by atoms with E-state index in [9.17, 15) is 0 Å². The van der Waals surface area contributed by atoms with Crippen LogP contribution in [0.15, 0.2) is 18.2 Å². The second kappa shape index (κ2) is 6.07. The highest BCUT2D eigenvalue weighted by Crippen LogP contribution is 2.39. The molecule has 0 spiro atoms. The number of ether oxygens (including phenoxy) is 2. The summed E-state index contributed by atoms with van der Waals surface area (Å²) in [5.74, 6) is 7.84. The Bertz CT molecular complexity index is 395. The van der Waals surface area contributed by atoms with Gasteiger partial charge in [-0.3, -0.25) is 11.3 Å². The fourth-order valence-electron chi connectivity index (χ4n) is 2.52. The molecule has 1 heterocycles. The van der Waals surface area contributed by atoms with Crippen LogP contribution in [0.1, 0.15) is 38.3 Å². The number of nitrogens with two attached hydrogens (primary N) is 1. The summed E-state index contributed by atoms with van der Waals surface area (Å²) >= 11 is 0. The molecule has 0 radical (unpaired) electrons. The average Bonchev–Trinajstić information content (AvgIpc) is 2.40. The van der Waals surface area contributed by atoms with Crippen molar-refractivity contribution in [3.05, 3.63) is 23.8 Å². The maximum Gasteiger partial charge on any atom is 0.166 e. The van der Waals surface area contributed by atoms with Gasteiger partial charge < -0.3 is 9.47 Å². The molecule has 0 bridgehead atoms. The van der Waals surface area contributed by atoms with Crippen molar-refractivity contribution in [3.63, 3.8) is 0 Å². The van der Waals surface area contributed by atoms with E-state index < -0.39 is 0 Å².